The first-order chi connectivity index (χ1) is 12.9. The maximum atomic E-state index is 13.9. The van der Waals surface area contributed by atoms with E-state index in [4.69, 9.17) is 4.74 Å². The van der Waals surface area contributed by atoms with Gasteiger partial charge in [-0.2, -0.15) is 0 Å². The molecule has 8 heteroatoms. The van der Waals surface area contributed by atoms with Gasteiger partial charge in [0.1, 0.15) is 11.6 Å². The van der Waals surface area contributed by atoms with E-state index in [1.54, 1.807) is 4.90 Å². The van der Waals surface area contributed by atoms with Crippen LogP contribution in [0.3, 0.4) is 0 Å². The van der Waals surface area contributed by atoms with Crippen molar-refractivity contribution in [3.8, 4) is 0 Å². The number of nitrogens with zero attached hydrogens (tertiary/aromatic N) is 2. The first-order valence-electron chi connectivity index (χ1n) is 9.27. The first-order valence-corrected chi connectivity index (χ1v) is 9.27. The third-order valence-electron chi connectivity index (χ3n) is 4.63. The Morgan fingerprint density at radius 2 is 2.07 bits per heavy atom. The molecule has 1 aromatic carbocycles. The van der Waals surface area contributed by atoms with Crippen LogP contribution in [-0.2, 0) is 4.74 Å². The van der Waals surface area contributed by atoms with Gasteiger partial charge in [-0.15, -0.1) is 0 Å². The summed E-state index contributed by atoms with van der Waals surface area (Å²) in [6, 6.07) is 3.82. The largest absolute Gasteiger partial charge is 0.453 e. The van der Waals surface area contributed by atoms with E-state index >= 15 is 0 Å². The Morgan fingerprint density at radius 3 is 2.67 bits per heavy atom. The van der Waals surface area contributed by atoms with Gasteiger partial charge in [-0.05, 0) is 31.4 Å². The van der Waals surface area contributed by atoms with Crippen LogP contribution < -0.4 is 10.6 Å². The van der Waals surface area contributed by atoms with Crippen LogP contribution in [0.4, 0.5) is 13.6 Å². The number of likely N-dealkylation sites (tertiary alicyclic amines) is 1. The van der Waals surface area contributed by atoms with Gasteiger partial charge in [0.25, 0.3) is 0 Å². The van der Waals surface area contributed by atoms with Gasteiger partial charge in [-0.25, -0.2) is 13.6 Å². The Morgan fingerprint density at radius 1 is 1.37 bits per heavy atom. The predicted octanol–water partition coefficient (Wildman–Crippen LogP) is 2.85. The molecule has 2 rings (SSSR count). The molecule has 150 valence electrons. The summed E-state index contributed by atoms with van der Waals surface area (Å²) in [4.78, 5) is 17.8. The summed E-state index contributed by atoms with van der Waals surface area (Å²) in [6.07, 6.45) is 1.28. The normalized spacial score (nSPS) is 16.8. The third kappa shape index (κ3) is 6.08. The van der Waals surface area contributed by atoms with E-state index in [0.717, 1.165) is 18.9 Å². The van der Waals surface area contributed by atoms with Crippen LogP contribution in [0.15, 0.2) is 23.2 Å². The number of halogens is 2. The Hall–Kier alpha value is -2.38. The number of carbonyl (C=O) groups excluding carboxylic acids is 1. The maximum Gasteiger partial charge on any atom is 0.409 e. The van der Waals surface area contributed by atoms with Crippen molar-refractivity contribution >= 4 is 12.1 Å². The smallest absolute Gasteiger partial charge is 0.409 e. The molecule has 0 radical (unpaired) electrons. The number of aliphatic imine (C=N–C) groups is 1. The topological polar surface area (TPSA) is 66.0 Å². The fourth-order valence-electron chi connectivity index (χ4n) is 3.08. The number of carbonyl (C=O) groups is 1. The van der Waals surface area contributed by atoms with Gasteiger partial charge in [0, 0.05) is 44.2 Å². The Kier molecular flexibility index (Phi) is 7.82. The molecular weight excluding hydrogens is 354 g/mol. The molecule has 1 heterocycles. The molecule has 2 N–H and O–H groups in total. The number of nitrogens with one attached hydrogen (secondary N) is 2. The average molecular weight is 382 g/mol. The molecule has 1 amide bonds. The highest BCUT2D eigenvalue weighted by molar-refractivity contribution is 5.80. The van der Waals surface area contributed by atoms with E-state index in [1.807, 2.05) is 13.8 Å². The van der Waals surface area contributed by atoms with E-state index in [2.05, 4.69) is 15.6 Å². The number of methoxy groups -OCH3 is 1. The molecular formula is C19H28F2N4O2. The molecule has 1 saturated heterocycles. The van der Waals surface area contributed by atoms with Crippen molar-refractivity contribution < 1.29 is 18.3 Å². The molecule has 0 spiro atoms. The molecule has 0 bridgehead atoms. The number of benzene rings is 1. The van der Waals surface area contributed by atoms with Crippen LogP contribution in [0, 0.1) is 11.6 Å². The zero-order valence-electron chi connectivity index (χ0n) is 16.1. The van der Waals surface area contributed by atoms with Crippen LogP contribution in [-0.4, -0.2) is 56.3 Å². The number of amides is 1. The molecule has 1 aliphatic rings. The second-order valence-corrected chi connectivity index (χ2v) is 6.66. The summed E-state index contributed by atoms with van der Waals surface area (Å²) < 4.78 is 31.7. The average Bonchev–Trinajstić information content (AvgIpc) is 2.66. The minimum atomic E-state index is -0.583. The molecule has 27 heavy (non-hydrogen) atoms. The summed E-state index contributed by atoms with van der Waals surface area (Å²) in [5.41, 5.74) is 0.447. The van der Waals surface area contributed by atoms with Crippen molar-refractivity contribution in [2.45, 2.75) is 38.6 Å². The lowest BCUT2D eigenvalue weighted by Crippen LogP contribution is -2.49. The van der Waals surface area contributed by atoms with Gasteiger partial charge < -0.3 is 20.3 Å². The molecule has 1 aliphatic heterocycles. The fourth-order valence-corrected chi connectivity index (χ4v) is 3.08. The second kappa shape index (κ2) is 10.1. The van der Waals surface area contributed by atoms with Gasteiger partial charge in [0.2, 0.25) is 0 Å². The molecule has 1 atom stereocenters. The van der Waals surface area contributed by atoms with E-state index in [9.17, 15) is 13.6 Å². The number of guanidine groups is 1. The lowest BCUT2D eigenvalue weighted by molar-refractivity contribution is 0.111. The lowest BCUT2D eigenvalue weighted by Gasteiger charge is -2.32. The van der Waals surface area contributed by atoms with Crippen molar-refractivity contribution in [3.05, 3.63) is 35.4 Å². The standard InChI is InChI=1S/C19H28F2N4O2/c1-4-22-18(24-15-7-9-25(10-8-15)19(26)27-3)23-12-13(2)16-6-5-14(20)11-17(16)21/h5-6,11,13,15H,4,7-10,12H2,1-3H3,(H2,22,23,24). The highest BCUT2D eigenvalue weighted by atomic mass is 19.1. The lowest BCUT2D eigenvalue weighted by atomic mass is 10.0. The number of hydrogen-bond acceptors (Lipinski definition) is 3. The Labute approximate surface area is 159 Å². The first kappa shape index (κ1) is 20.9. The van der Waals surface area contributed by atoms with Crippen LogP contribution in [0.2, 0.25) is 0 Å². The van der Waals surface area contributed by atoms with Crippen molar-refractivity contribution in [2.24, 2.45) is 4.99 Å². The summed E-state index contributed by atoms with van der Waals surface area (Å²) >= 11 is 0. The van der Waals surface area contributed by atoms with Gasteiger partial charge in [-0.3, -0.25) is 4.99 Å². The number of rotatable bonds is 5. The Bertz CT molecular complexity index is 661. The highest BCUT2D eigenvalue weighted by Crippen LogP contribution is 2.20. The summed E-state index contributed by atoms with van der Waals surface area (Å²) in [5.74, 6) is -0.656. The van der Waals surface area contributed by atoms with Crippen LogP contribution in [0.1, 0.15) is 38.2 Å². The zero-order chi connectivity index (χ0) is 19.8. The van der Waals surface area contributed by atoms with Crippen LogP contribution >= 0.6 is 0 Å². The third-order valence-corrected chi connectivity index (χ3v) is 4.63. The summed E-state index contributed by atoms with van der Waals surface area (Å²) in [6.45, 7) is 6.16. The number of hydrogen-bond donors (Lipinski definition) is 2. The van der Waals surface area contributed by atoms with Gasteiger partial charge in [0.05, 0.1) is 7.11 Å². The zero-order valence-corrected chi connectivity index (χ0v) is 16.1. The molecule has 0 saturated carbocycles. The molecule has 0 aromatic heterocycles. The van der Waals surface area contributed by atoms with Crippen molar-refractivity contribution in [1.82, 2.24) is 15.5 Å². The number of ether oxygens (including phenoxy) is 1. The van der Waals surface area contributed by atoms with Gasteiger partial charge in [-0.1, -0.05) is 13.0 Å². The monoisotopic (exact) mass is 382 g/mol. The van der Waals surface area contributed by atoms with Crippen LogP contribution in [0.5, 0.6) is 0 Å². The highest BCUT2D eigenvalue weighted by Gasteiger charge is 2.23. The summed E-state index contributed by atoms with van der Waals surface area (Å²) in [7, 11) is 1.38. The SMILES string of the molecule is CCNC(=NCC(C)c1ccc(F)cc1F)NC1CCN(C(=O)OC)CC1. The van der Waals surface area contributed by atoms with Crippen molar-refractivity contribution in [3.63, 3.8) is 0 Å². The molecule has 6 nitrogen and oxygen atoms in total. The van der Waals surface area contributed by atoms with E-state index in [-0.39, 0.29) is 18.1 Å². The van der Waals surface area contributed by atoms with E-state index in [0.29, 0.717) is 37.7 Å². The quantitative estimate of drug-likeness (QED) is 0.607. The molecule has 1 aromatic rings. The van der Waals surface area contributed by atoms with E-state index in [1.165, 1.54) is 19.2 Å². The molecule has 1 fully saturated rings. The summed E-state index contributed by atoms with van der Waals surface area (Å²) in [5, 5.41) is 6.56. The van der Waals surface area contributed by atoms with Crippen LogP contribution in [0.25, 0.3) is 0 Å². The fraction of sp³-hybridized carbons (Fsp3) is 0.579. The van der Waals surface area contributed by atoms with Gasteiger partial charge in [0.15, 0.2) is 5.96 Å². The van der Waals surface area contributed by atoms with Crippen molar-refractivity contribution in [2.75, 3.05) is 33.3 Å². The number of piperidine rings is 1. The minimum absolute atomic E-state index is 0.178. The van der Waals surface area contributed by atoms with Crippen molar-refractivity contribution in [1.29, 1.82) is 0 Å². The Balaban J connectivity index is 1.93. The minimum Gasteiger partial charge on any atom is -0.453 e. The molecule has 0 aliphatic carbocycles. The van der Waals surface area contributed by atoms with Gasteiger partial charge >= 0.3 is 6.09 Å². The predicted molar refractivity (Wildman–Crippen MR) is 101 cm³/mol. The second-order valence-electron chi connectivity index (χ2n) is 6.66. The maximum absolute atomic E-state index is 13.9. The molecule has 1 unspecified atom stereocenters. The van der Waals surface area contributed by atoms with E-state index < -0.39 is 11.6 Å².